The SMILES string of the molecule is COC(=O)c1ccc(-c2cccc(F)c2)c(C=O)c1. The van der Waals surface area contributed by atoms with E-state index < -0.39 is 5.97 Å². The molecule has 0 bridgehead atoms. The first-order chi connectivity index (χ1) is 9.15. The summed E-state index contributed by atoms with van der Waals surface area (Å²) >= 11 is 0. The average Bonchev–Trinajstić information content (AvgIpc) is 2.45. The van der Waals surface area contributed by atoms with E-state index in [1.807, 2.05) is 0 Å². The van der Waals surface area contributed by atoms with Crippen LogP contribution in [0, 0.1) is 5.82 Å². The van der Waals surface area contributed by atoms with E-state index in [-0.39, 0.29) is 11.4 Å². The lowest BCUT2D eigenvalue weighted by Crippen LogP contribution is -2.02. The highest BCUT2D eigenvalue weighted by atomic mass is 19.1. The van der Waals surface area contributed by atoms with Crippen molar-refractivity contribution in [3.05, 3.63) is 59.4 Å². The number of aldehydes is 1. The van der Waals surface area contributed by atoms with Crippen LogP contribution in [0.2, 0.25) is 0 Å². The van der Waals surface area contributed by atoms with Gasteiger partial charge in [-0.05, 0) is 35.4 Å². The van der Waals surface area contributed by atoms with E-state index in [0.717, 1.165) is 0 Å². The number of hydrogen-bond acceptors (Lipinski definition) is 3. The Hall–Kier alpha value is -2.49. The summed E-state index contributed by atoms with van der Waals surface area (Å²) < 4.78 is 17.8. The van der Waals surface area contributed by atoms with E-state index in [0.29, 0.717) is 23.0 Å². The molecule has 2 aromatic carbocycles. The molecule has 0 aliphatic rings. The Morgan fingerprint density at radius 2 is 2.00 bits per heavy atom. The zero-order valence-electron chi connectivity index (χ0n) is 10.2. The van der Waals surface area contributed by atoms with Crippen LogP contribution in [0.25, 0.3) is 11.1 Å². The predicted molar refractivity (Wildman–Crippen MR) is 68.6 cm³/mol. The standard InChI is InChI=1S/C15H11FO3/c1-19-15(18)11-5-6-14(12(7-11)9-17)10-3-2-4-13(16)8-10/h2-9H,1H3. The topological polar surface area (TPSA) is 43.4 Å². The van der Waals surface area contributed by atoms with E-state index in [1.165, 1.54) is 25.3 Å². The molecular formula is C15H11FO3. The van der Waals surface area contributed by atoms with Crippen LogP contribution in [0.5, 0.6) is 0 Å². The predicted octanol–water partition coefficient (Wildman–Crippen LogP) is 3.09. The fourth-order valence-electron chi connectivity index (χ4n) is 1.82. The molecule has 4 heteroatoms. The highest BCUT2D eigenvalue weighted by Gasteiger charge is 2.11. The first kappa shape index (κ1) is 13.0. The Bertz CT molecular complexity index is 635. The number of carbonyl (C=O) groups excluding carboxylic acids is 2. The molecule has 3 nitrogen and oxygen atoms in total. The second-order valence-corrected chi connectivity index (χ2v) is 3.92. The first-order valence-corrected chi connectivity index (χ1v) is 5.59. The summed E-state index contributed by atoms with van der Waals surface area (Å²) in [7, 11) is 1.27. The molecule has 96 valence electrons. The molecule has 0 fully saturated rings. The maximum atomic E-state index is 13.2. The molecule has 2 rings (SSSR count). The van der Waals surface area contributed by atoms with E-state index in [4.69, 9.17) is 0 Å². The van der Waals surface area contributed by atoms with Gasteiger partial charge < -0.3 is 4.74 Å². The smallest absolute Gasteiger partial charge is 0.337 e. The van der Waals surface area contributed by atoms with Gasteiger partial charge in [-0.15, -0.1) is 0 Å². The summed E-state index contributed by atoms with van der Waals surface area (Å²) in [5, 5.41) is 0. The van der Waals surface area contributed by atoms with Gasteiger partial charge in [0.1, 0.15) is 5.82 Å². The Morgan fingerprint density at radius 3 is 2.63 bits per heavy atom. The number of methoxy groups -OCH3 is 1. The van der Waals surface area contributed by atoms with Crippen molar-refractivity contribution in [1.82, 2.24) is 0 Å². The maximum absolute atomic E-state index is 13.2. The quantitative estimate of drug-likeness (QED) is 0.627. The van der Waals surface area contributed by atoms with Crippen LogP contribution in [0.4, 0.5) is 4.39 Å². The van der Waals surface area contributed by atoms with Gasteiger partial charge in [0, 0.05) is 5.56 Å². The van der Waals surface area contributed by atoms with Crippen molar-refractivity contribution in [3.63, 3.8) is 0 Å². The van der Waals surface area contributed by atoms with Gasteiger partial charge in [-0.3, -0.25) is 4.79 Å². The number of rotatable bonds is 3. The van der Waals surface area contributed by atoms with Crippen molar-refractivity contribution in [2.75, 3.05) is 7.11 Å². The van der Waals surface area contributed by atoms with Crippen molar-refractivity contribution >= 4 is 12.3 Å². The second-order valence-electron chi connectivity index (χ2n) is 3.92. The molecule has 0 aromatic heterocycles. The summed E-state index contributed by atoms with van der Waals surface area (Å²) in [6.07, 6.45) is 0.632. The second kappa shape index (κ2) is 5.44. The zero-order valence-corrected chi connectivity index (χ0v) is 10.2. The Morgan fingerprint density at radius 1 is 1.21 bits per heavy atom. The summed E-state index contributed by atoms with van der Waals surface area (Å²) in [6.45, 7) is 0. The van der Waals surface area contributed by atoms with Crippen LogP contribution in [0.15, 0.2) is 42.5 Å². The maximum Gasteiger partial charge on any atom is 0.337 e. The number of hydrogen-bond donors (Lipinski definition) is 0. The minimum Gasteiger partial charge on any atom is -0.465 e. The third-order valence-corrected chi connectivity index (χ3v) is 2.74. The van der Waals surface area contributed by atoms with E-state index >= 15 is 0 Å². The Labute approximate surface area is 109 Å². The molecular weight excluding hydrogens is 247 g/mol. The van der Waals surface area contributed by atoms with Crippen molar-refractivity contribution in [1.29, 1.82) is 0 Å². The minimum absolute atomic E-state index is 0.282. The molecule has 0 aliphatic heterocycles. The van der Waals surface area contributed by atoms with E-state index in [1.54, 1.807) is 24.3 Å². The normalized spacial score (nSPS) is 10.0. The molecule has 0 amide bonds. The fourth-order valence-corrected chi connectivity index (χ4v) is 1.82. The van der Waals surface area contributed by atoms with Crippen molar-refractivity contribution in [2.24, 2.45) is 0 Å². The Balaban J connectivity index is 2.53. The third-order valence-electron chi connectivity index (χ3n) is 2.74. The fraction of sp³-hybridized carbons (Fsp3) is 0.0667. The average molecular weight is 258 g/mol. The van der Waals surface area contributed by atoms with Crippen LogP contribution >= 0.6 is 0 Å². The molecule has 0 unspecified atom stereocenters. The lowest BCUT2D eigenvalue weighted by atomic mass is 9.98. The number of ether oxygens (including phenoxy) is 1. The van der Waals surface area contributed by atoms with Gasteiger partial charge >= 0.3 is 5.97 Å². The summed E-state index contributed by atoms with van der Waals surface area (Å²) in [4.78, 5) is 22.5. The molecule has 0 aliphatic carbocycles. The third kappa shape index (κ3) is 2.68. The van der Waals surface area contributed by atoms with Crippen molar-refractivity contribution in [2.45, 2.75) is 0 Å². The summed E-state index contributed by atoms with van der Waals surface area (Å²) in [6, 6.07) is 10.5. The van der Waals surface area contributed by atoms with Crippen LogP contribution in [-0.2, 0) is 4.74 Å². The number of benzene rings is 2. The lowest BCUT2D eigenvalue weighted by molar-refractivity contribution is 0.0600. The largest absolute Gasteiger partial charge is 0.465 e. The van der Waals surface area contributed by atoms with Crippen LogP contribution < -0.4 is 0 Å². The van der Waals surface area contributed by atoms with E-state index in [2.05, 4.69) is 4.74 Å². The first-order valence-electron chi connectivity index (χ1n) is 5.59. The molecule has 0 N–H and O–H groups in total. The van der Waals surface area contributed by atoms with Gasteiger partial charge in [-0.25, -0.2) is 9.18 Å². The summed E-state index contributed by atoms with van der Waals surface area (Å²) in [5.74, 6) is -0.903. The van der Waals surface area contributed by atoms with Gasteiger partial charge in [0.2, 0.25) is 0 Å². The van der Waals surface area contributed by atoms with Gasteiger partial charge in [-0.2, -0.15) is 0 Å². The van der Waals surface area contributed by atoms with Crippen molar-refractivity contribution < 1.29 is 18.7 Å². The highest BCUT2D eigenvalue weighted by Crippen LogP contribution is 2.24. The van der Waals surface area contributed by atoms with Gasteiger partial charge in [0.05, 0.1) is 12.7 Å². The minimum atomic E-state index is -0.520. The van der Waals surface area contributed by atoms with Gasteiger partial charge in [0.15, 0.2) is 6.29 Å². The highest BCUT2D eigenvalue weighted by molar-refractivity contribution is 5.95. The monoisotopic (exact) mass is 258 g/mol. The van der Waals surface area contributed by atoms with Crippen molar-refractivity contribution in [3.8, 4) is 11.1 Å². The molecule has 0 atom stereocenters. The van der Waals surface area contributed by atoms with Gasteiger partial charge in [0.25, 0.3) is 0 Å². The Kier molecular flexibility index (Phi) is 3.71. The van der Waals surface area contributed by atoms with Gasteiger partial charge in [-0.1, -0.05) is 18.2 Å². The molecule has 19 heavy (non-hydrogen) atoms. The zero-order chi connectivity index (χ0) is 13.8. The van der Waals surface area contributed by atoms with Crippen LogP contribution in [0.3, 0.4) is 0 Å². The van der Waals surface area contributed by atoms with E-state index in [9.17, 15) is 14.0 Å². The number of halogens is 1. The number of esters is 1. The molecule has 0 spiro atoms. The lowest BCUT2D eigenvalue weighted by Gasteiger charge is -2.07. The molecule has 0 saturated carbocycles. The van der Waals surface area contributed by atoms with Crippen LogP contribution in [0.1, 0.15) is 20.7 Å². The molecule has 0 saturated heterocycles. The molecule has 2 aromatic rings. The molecule has 0 radical (unpaired) electrons. The molecule has 0 heterocycles. The summed E-state index contributed by atoms with van der Waals surface area (Å²) in [5.41, 5.74) is 1.75. The van der Waals surface area contributed by atoms with Crippen LogP contribution in [-0.4, -0.2) is 19.4 Å². The number of carbonyl (C=O) groups is 2.